The molecule has 4 aromatic carbocycles. The molecule has 71 heavy (non-hydrogen) atoms. The van der Waals surface area contributed by atoms with E-state index >= 15 is 4.79 Å². The van der Waals surface area contributed by atoms with Crippen LogP contribution in [0.3, 0.4) is 0 Å². The summed E-state index contributed by atoms with van der Waals surface area (Å²) in [7, 11) is 4.61. The van der Waals surface area contributed by atoms with E-state index in [2.05, 4.69) is 15.6 Å². The molecule has 5 amide bonds. The average molecular weight is 1010 g/mol. The number of nitrogens with zero attached hydrogens (tertiary/aromatic N) is 5. The number of hydrogen-bond acceptors (Lipinski definition) is 10. The van der Waals surface area contributed by atoms with E-state index in [1.54, 1.807) is 94.0 Å². The van der Waals surface area contributed by atoms with E-state index in [0.717, 1.165) is 11.1 Å². The predicted molar refractivity (Wildman–Crippen MR) is 269 cm³/mol. The van der Waals surface area contributed by atoms with Crippen molar-refractivity contribution in [3.63, 3.8) is 0 Å². The molecule has 376 valence electrons. The fraction of sp³-hybridized carbons (Fsp3) is 0.377. The van der Waals surface area contributed by atoms with Crippen molar-refractivity contribution in [3.05, 3.63) is 142 Å². The zero-order valence-corrected chi connectivity index (χ0v) is 42.5. The molecular weight excluding hydrogens is 950 g/mol. The number of hydrogen-bond donors (Lipinski definition) is 2. The summed E-state index contributed by atoms with van der Waals surface area (Å²) in [5.74, 6) is -3.05. The summed E-state index contributed by atoms with van der Waals surface area (Å²) in [6.07, 6.45) is 1.65. The lowest BCUT2D eigenvalue weighted by Gasteiger charge is -2.35. The topological polar surface area (TPSA) is 182 Å². The van der Waals surface area contributed by atoms with Crippen LogP contribution in [-0.2, 0) is 52.8 Å². The molecule has 16 nitrogen and oxygen atoms in total. The Morgan fingerprint density at radius 2 is 1.49 bits per heavy atom. The van der Waals surface area contributed by atoms with Crippen LogP contribution in [0.2, 0.25) is 10.0 Å². The molecule has 0 radical (unpaired) electrons. The van der Waals surface area contributed by atoms with Crippen LogP contribution in [0.1, 0.15) is 66.5 Å². The zero-order valence-electron chi connectivity index (χ0n) is 41.0. The molecule has 1 saturated heterocycles. The van der Waals surface area contributed by atoms with Crippen LogP contribution in [0.5, 0.6) is 11.5 Å². The minimum absolute atomic E-state index is 0.0872. The molecule has 0 aliphatic carbocycles. The largest absolute Gasteiger partial charge is 0.461 e. The molecule has 0 spiro atoms. The molecular formula is C53H61Cl2N7O9. The third-order valence-corrected chi connectivity index (χ3v) is 13.2. The van der Waals surface area contributed by atoms with E-state index < -0.39 is 53.8 Å². The van der Waals surface area contributed by atoms with Gasteiger partial charge in [0.25, 0.3) is 0 Å². The average Bonchev–Trinajstić information content (AvgIpc) is 3.75. The highest BCUT2D eigenvalue weighted by Gasteiger charge is 2.36. The molecule has 6 rings (SSSR count). The lowest BCUT2D eigenvalue weighted by Crippen LogP contribution is -2.57. The van der Waals surface area contributed by atoms with Gasteiger partial charge in [0.05, 0.1) is 31.4 Å². The van der Waals surface area contributed by atoms with Crippen molar-refractivity contribution in [2.45, 2.75) is 84.1 Å². The van der Waals surface area contributed by atoms with Crippen LogP contribution < -0.4 is 15.4 Å². The SMILES string of the molecule is CCOC(=O)c1ncn(-c2ccc(Oc3cc(Cl)ccc3CN3C(=O)C[C@@H](Cc4ccccc4)C(=O)N(C)[C@@H](C)CNC(=O)C[C@H](Cc4ccc(Cl)cc4)N(C)C(=O)[C@H](COC)NC(=O)[C@@H]3C)cc2)c1C. The van der Waals surface area contributed by atoms with E-state index in [4.69, 9.17) is 37.4 Å². The van der Waals surface area contributed by atoms with Gasteiger partial charge in [0.1, 0.15) is 29.9 Å². The lowest BCUT2D eigenvalue weighted by atomic mass is 9.93. The number of halogens is 2. The highest BCUT2D eigenvalue weighted by atomic mass is 35.5. The number of esters is 1. The number of nitrogens with one attached hydrogen (secondary N) is 2. The Hall–Kier alpha value is -6.75. The van der Waals surface area contributed by atoms with Gasteiger partial charge in [0.2, 0.25) is 29.5 Å². The van der Waals surface area contributed by atoms with Crippen LogP contribution in [-0.4, -0.2) is 125 Å². The fourth-order valence-electron chi connectivity index (χ4n) is 8.35. The predicted octanol–water partition coefficient (Wildman–Crippen LogP) is 6.99. The number of imidazole rings is 1. The van der Waals surface area contributed by atoms with Crippen LogP contribution in [0.15, 0.2) is 103 Å². The first-order chi connectivity index (χ1) is 34.0. The second-order valence-electron chi connectivity index (χ2n) is 17.7. The monoisotopic (exact) mass is 1010 g/mol. The Balaban J connectivity index is 1.36. The molecule has 18 heteroatoms. The maximum atomic E-state index is 15.0. The van der Waals surface area contributed by atoms with Gasteiger partial charge in [0, 0.05) is 74.0 Å². The normalized spacial score (nSPS) is 20.0. The Bertz CT molecular complexity index is 2660. The van der Waals surface area contributed by atoms with Crippen molar-refractivity contribution in [1.29, 1.82) is 0 Å². The molecule has 1 aromatic heterocycles. The van der Waals surface area contributed by atoms with Crippen LogP contribution in [0.4, 0.5) is 0 Å². The van der Waals surface area contributed by atoms with Crippen molar-refractivity contribution < 1.29 is 43.0 Å². The second-order valence-corrected chi connectivity index (χ2v) is 18.5. The van der Waals surface area contributed by atoms with E-state index in [0.29, 0.717) is 38.5 Å². The molecule has 2 heterocycles. The zero-order chi connectivity index (χ0) is 51.4. The van der Waals surface area contributed by atoms with Crippen molar-refractivity contribution >= 4 is 58.7 Å². The summed E-state index contributed by atoms with van der Waals surface area (Å²) in [6, 6.07) is 24.8. The Morgan fingerprint density at radius 1 is 0.817 bits per heavy atom. The van der Waals surface area contributed by atoms with Gasteiger partial charge in [0.15, 0.2) is 5.69 Å². The number of methoxy groups -OCH3 is 1. The van der Waals surface area contributed by atoms with E-state index in [9.17, 15) is 24.0 Å². The third kappa shape index (κ3) is 14.0. The number of carbonyl (C=O) groups excluding carboxylic acids is 6. The Kier molecular flexibility index (Phi) is 18.8. The van der Waals surface area contributed by atoms with Crippen molar-refractivity contribution in [2.75, 3.05) is 41.0 Å². The molecule has 0 saturated carbocycles. The number of ether oxygens (including phenoxy) is 3. The van der Waals surface area contributed by atoms with E-state index in [1.165, 1.54) is 28.1 Å². The van der Waals surface area contributed by atoms with Gasteiger partial charge in [-0.1, -0.05) is 71.7 Å². The van der Waals surface area contributed by atoms with Gasteiger partial charge in [-0.2, -0.15) is 0 Å². The summed E-state index contributed by atoms with van der Waals surface area (Å²) >= 11 is 12.7. The van der Waals surface area contributed by atoms with Crippen LogP contribution in [0, 0.1) is 12.8 Å². The first-order valence-corrected chi connectivity index (χ1v) is 24.2. The molecule has 0 bridgehead atoms. The second kappa shape index (κ2) is 24.9. The van der Waals surface area contributed by atoms with Gasteiger partial charge in [-0.05, 0) is 100 Å². The quantitative estimate of drug-likeness (QED) is 0.117. The van der Waals surface area contributed by atoms with E-state index in [1.807, 2.05) is 49.4 Å². The first-order valence-electron chi connectivity index (χ1n) is 23.4. The highest BCUT2D eigenvalue weighted by Crippen LogP contribution is 2.32. The molecule has 0 unspecified atom stereocenters. The summed E-state index contributed by atoms with van der Waals surface area (Å²) in [5.41, 5.74) is 3.64. The van der Waals surface area contributed by atoms with Crippen LogP contribution >= 0.6 is 23.2 Å². The maximum absolute atomic E-state index is 15.0. The molecule has 2 N–H and O–H groups in total. The van der Waals surface area contributed by atoms with Crippen molar-refractivity contribution in [1.82, 2.24) is 34.9 Å². The summed E-state index contributed by atoms with van der Waals surface area (Å²) in [5, 5.41) is 6.67. The van der Waals surface area contributed by atoms with Gasteiger partial charge in [-0.25, -0.2) is 9.78 Å². The molecule has 5 aromatic rings. The third-order valence-electron chi connectivity index (χ3n) is 12.7. The highest BCUT2D eigenvalue weighted by molar-refractivity contribution is 6.31. The number of aromatic nitrogens is 2. The van der Waals surface area contributed by atoms with Gasteiger partial charge in [-0.3, -0.25) is 24.0 Å². The number of benzene rings is 4. The fourth-order valence-corrected chi connectivity index (χ4v) is 8.64. The lowest BCUT2D eigenvalue weighted by molar-refractivity contribution is -0.147. The Morgan fingerprint density at radius 3 is 2.17 bits per heavy atom. The van der Waals surface area contributed by atoms with Gasteiger partial charge < -0.3 is 44.1 Å². The van der Waals surface area contributed by atoms with Crippen molar-refractivity contribution in [3.8, 4) is 17.2 Å². The number of carbonyl (C=O) groups is 6. The minimum atomic E-state index is -1.21. The summed E-state index contributed by atoms with van der Waals surface area (Å²) in [4.78, 5) is 93.3. The Labute approximate surface area is 424 Å². The molecule has 5 atom stereocenters. The van der Waals surface area contributed by atoms with E-state index in [-0.39, 0.29) is 69.5 Å². The summed E-state index contributed by atoms with van der Waals surface area (Å²) in [6.45, 7) is 6.80. The van der Waals surface area contributed by atoms with Gasteiger partial charge >= 0.3 is 5.97 Å². The minimum Gasteiger partial charge on any atom is -0.461 e. The summed E-state index contributed by atoms with van der Waals surface area (Å²) < 4.78 is 18.8. The van der Waals surface area contributed by atoms with Crippen LogP contribution in [0.25, 0.3) is 5.69 Å². The number of amides is 5. The number of likely N-dealkylation sites (N-methyl/N-ethyl adjacent to an activating group) is 2. The molecule has 1 aliphatic rings. The molecule has 1 aliphatic heterocycles. The van der Waals surface area contributed by atoms with Crippen molar-refractivity contribution in [2.24, 2.45) is 5.92 Å². The molecule has 1 fully saturated rings. The first kappa shape index (κ1) is 53.6. The number of rotatable bonds is 13. The standard InChI is InChI=1S/C53H61Cl2N7O9/c1-8-70-53(68)49-34(3)62(32-57-49)42-20-22-44(23-21-42)71-46-27-41(55)19-16-38(46)30-61-35(4)50(65)58-45(31-69-7)52(67)60(6)43(25-37-14-17-40(54)18-15-37)28-47(63)56-29-33(2)59(5)51(66)39(26-48(61)64)24-36-12-10-9-11-13-36/h9-23,27,32-33,35,39,43,45H,8,24-26,28-31H2,1-7H3,(H,56,63)(H,58,65)/t33-,35-,39+,43-,45-/m0/s1. The van der Waals surface area contributed by atoms with Gasteiger partial charge in [-0.15, -0.1) is 0 Å². The maximum Gasteiger partial charge on any atom is 0.358 e. The smallest absolute Gasteiger partial charge is 0.358 e.